The average Bonchev–Trinajstić information content (AvgIpc) is 2.79. The van der Waals surface area contributed by atoms with E-state index in [2.05, 4.69) is 21.2 Å². The molecule has 2 N–H and O–H groups in total. The molecule has 4 rings (SSSR count). The third-order valence-electron chi connectivity index (χ3n) is 5.18. The maximum Gasteiger partial charge on any atom is 0.337 e. The first kappa shape index (κ1) is 20.3. The van der Waals surface area contributed by atoms with Crippen LogP contribution in [0.1, 0.15) is 45.7 Å². The zero-order valence-corrected chi connectivity index (χ0v) is 18.0. The summed E-state index contributed by atoms with van der Waals surface area (Å²) in [5, 5.41) is 13.9. The van der Waals surface area contributed by atoms with Gasteiger partial charge in [-0.15, -0.1) is 0 Å². The predicted octanol–water partition coefficient (Wildman–Crippen LogP) is 5.16. The monoisotopic (exact) mass is 464 g/mol. The Balaban J connectivity index is 1.71. The number of nitrogens with zero attached hydrogens (tertiary/aromatic N) is 1. The summed E-state index contributed by atoms with van der Waals surface area (Å²) >= 11 is 3.48. The molecular weight excluding hydrogens is 444 g/mol. The van der Waals surface area contributed by atoms with Crippen LogP contribution in [0.4, 0.5) is 0 Å². The van der Waals surface area contributed by atoms with Crippen molar-refractivity contribution in [1.82, 2.24) is 5.32 Å². The van der Waals surface area contributed by atoms with Crippen LogP contribution in [0.3, 0.4) is 0 Å². The summed E-state index contributed by atoms with van der Waals surface area (Å²) in [6.45, 7) is 0. The second-order valence-electron chi connectivity index (χ2n) is 7.08. The topological polar surface area (TPSA) is 70.9 Å². The number of hydrogen-bond acceptors (Lipinski definition) is 5. The number of benzene rings is 3. The Bertz CT molecular complexity index is 1080. The number of carbonyl (C=O) groups is 1. The summed E-state index contributed by atoms with van der Waals surface area (Å²) in [6, 6.07) is 22.5. The molecule has 0 bridgehead atoms. The molecule has 0 aliphatic carbocycles. The Morgan fingerprint density at radius 2 is 1.77 bits per heavy atom. The Labute approximate surface area is 183 Å². The van der Waals surface area contributed by atoms with E-state index in [-0.39, 0.29) is 23.9 Å². The molecule has 6 heteroatoms. The van der Waals surface area contributed by atoms with E-state index >= 15 is 0 Å². The highest BCUT2D eigenvalue weighted by Crippen LogP contribution is 2.34. The number of para-hydroxylation sites is 1. The van der Waals surface area contributed by atoms with E-state index in [0.717, 1.165) is 26.9 Å². The van der Waals surface area contributed by atoms with E-state index in [1.165, 1.54) is 7.11 Å². The molecule has 152 valence electrons. The number of aromatic hydroxyl groups is 1. The molecule has 0 aromatic heterocycles. The highest BCUT2D eigenvalue weighted by molar-refractivity contribution is 9.10. The van der Waals surface area contributed by atoms with Crippen molar-refractivity contribution in [3.63, 3.8) is 0 Å². The largest absolute Gasteiger partial charge is 0.508 e. The third kappa shape index (κ3) is 4.30. The van der Waals surface area contributed by atoms with E-state index in [0.29, 0.717) is 12.0 Å². The van der Waals surface area contributed by atoms with Gasteiger partial charge < -0.3 is 9.84 Å². The molecule has 1 heterocycles. The van der Waals surface area contributed by atoms with Crippen LogP contribution in [0.2, 0.25) is 0 Å². The first-order valence-electron chi connectivity index (χ1n) is 9.60. The molecule has 1 aliphatic rings. The Kier molecular flexibility index (Phi) is 5.97. The molecule has 3 aromatic rings. The fourth-order valence-corrected chi connectivity index (χ4v) is 3.86. The molecule has 0 unspecified atom stereocenters. The maximum absolute atomic E-state index is 11.7. The van der Waals surface area contributed by atoms with E-state index in [1.807, 2.05) is 54.6 Å². The number of rotatable bonds is 4. The highest BCUT2D eigenvalue weighted by atomic mass is 79.9. The molecule has 0 spiro atoms. The van der Waals surface area contributed by atoms with Crippen molar-refractivity contribution < 1.29 is 14.6 Å². The third-order valence-corrected chi connectivity index (χ3v) is 5.71. The number of esters is 1. The molecule has 0 radical (unpaired) electrons. The quantitative estimate of drug-likeness (QED) is 0.522. The maximum atomic E-state index is 11.7. The number of phenols is 1. The number of phenolic OH excluding ortho intramolecular Hbond substituents is 1. The van der Waals surface area contributed by atoms with Crippen LogP contribution in [0.25, 0.3) is 0 Å². The van der Waals surface area contributed by atoms with Gasteiger partial charge in [0.25, 0.3) is 0 Å². The smallest absolute Gasteiger partial charge is 0.337 e. The van der Waals surface area contributed by atoms with E-state index < -0.39 is 0 Å². The molecule has 30 heavy (non-hydrogen) atoms. The van der Waals surface area contributed by atoms with Gasteiger partial charge in [0.15, 0.2) is 0 Å². The predicted molar refractivity (Wildman–Crippen MR) is 120 cm³/mol. The molecule has 0 saturated heterocycles. The van der Waals surface area contributed by atoms with Crippen LogP contribution in [0.5, 0.6) is 5.75 Å². The molecule has 2 atom stereocenters. The van der Waals surface area contributed by atoms with E-state index in [1.54, 1.807) is 18.2 Å². The van der Waals surface area contributed by atoms with Gasteiger partial charge in [-0.25, -0.2) is 4.79 Å². The number of aliphatic imine (C=N–C) groups is 1. The number of hydrogen-bond donors (Lipinski definition) is 2. The van der Waals surface area contributed by atoms with E-state index in [4.69, 9.17) is 9.73 Å². The number of ether oxygens (including phenoxy) is 1. The zero-order valence-electron chi connectivity index (χ0n) is 16.4. The van der Waals surface area contributed by atoms with Crippen LogP contribution in [-0.2, 0) is 4.74 Å². The van der Waals surface area contributed by atoms with Crippen LogP contribution >= 0.6 is 15.9 Å². The molecule has 1 aliphatic heterocycles. The number of halogens is 1. The fourth-order valence-electron chi connectivity index (χ4n) is 3.60. The van der Waals surface area contributed by atoms with Crippen LogP contribution in [0.15, 0.2) is 82.3 Å². The molecule has 0 amide bonds. The summed E-state index contributed by atoms with van der Waals surface area (Å²) in [6.07, 6.45) is 0.337. The fraction of sp³-hybridized carbons (Fsp3) is 0.167. The normalized spacial score (nSPS) is 18.5. The molecular formula is C24H21BrN2O3. The molecule has 3 aromatic carbocycles. The van der Waals surface area contributed by atoms with Crippen molar-refractivity contribution >= 4 is 27.6 Å². The van der Waals surface area contributed by atoms with Gasteiger partial charge in [-0.2, -0.15) is 0 Å². The van der Waals surface area contributed by atoms with Crippen LogP contribution in [-0.4, -0.2) is 23.9 Å². The highest BCUT2D eigenvalue weighted by Gasteiger charge is 2.27. The zero-order chi connectivity index (χ0) is 21.1. The van der Waals surface area contributed by atoms with Gasteiger partial charge in [-0.1, -0.05) is 58.4 Å². The number of methoxy groups -OCH3 is 1. The Hall–Kier alpha value is -2.96. The SMILES string of the molecule is COC(=O)c1ccc([C@@H]2N=C(c3ccc(Br)cc3)C[C@H](c3ccccc3O)N2)cc1. The van der Waals surface area contributed by atoms with Crippen molar-refractivity contribution in [3.8, 4) is 5.75 Å². The minimum atomic E-state index is -0.371. The summed E-state index contributed by atoms with van der Waals surface area (Å²) in [5.74, 6) is -0.115. The average molecular weight is 465 g/mol. The summed E-state index contributed by atoms with van der Waals surface area (Å²) in [5.41, 5.74) is 4.25. The lowest BCUT2D eigenvalue weighted by Crippen LogP contribution is -2.33. The number of nitrogens with one attached hydrogen (secondary N) is 1. The van der Waals surface area contributed by atoms with Crippen LogP contribution in [0, 0.1) is 0 Å². The summed E-state index contributed by atoms with van der Waals surface area (Å²) in [4.78, 5) is 16.7. The van der Waals surface area contributed by atoms with Crippen molar-refractivity contribution in [3.05, 3.63) is 99.5 Å². The van der Waals surface area contributed by atoms with Crippen LogP contribution < -0.4 is 5.32 Å². The van der Waals surface area contributed by atoms with Crippen molar-refractivity contribution in [2.75, 3.05) is 7.11 Å². The standard InChI is InChI=1S/C24H21BrN2O3/c1-30-24(29)17-8-6-16(7-9-17)23-26-20(15-10-12-18(25)13-11-15)14-21(27-23)19-4-2-3-5-22(19)28/h2-13,21,23,27-28H,14H2,1H3/t21-,23-/m1/s1. The Morgan fingerprint density at radius 3 is 2.43 bits per heavy atom. The van der Waals surface area contributed by atoms with Gasteiger partial charge in [-0.05, 0) is 41.5 Å². The lowest BCUT2D eigenvalue weighted by Gasteiger charge is -2.31. The van der Waals surface area contributed by atoms with Gasteiger partial charge in [0, 0.05) is 28.2 Å². The minimum absolute atomic E-state index is 0.104. The molecule has 5 nitrogen and oxygen atoms in total. The van der Waals surface area contributed by atoms with Gasteiger partial charge in [-0.3, -0.25) is 10.3 Å². The minimum Gasteiger partial charge on any atom is -0.508 e. The number of carbonyl (C=O) groups excluding carboxylic acids is 1. The van der Waals surface area contributed by atoms with Crippen molar-refractivity contribution in [1.29, 1.82) is 0 Å². The summed E-state index contributed by atoms with van der Waals surface area (Å²) < 4.78 is 5.79. The van der Waals surface area contributed by atoms with Crippen molar-refractivity contribution in [2.24, 2.45) is 4.99 Å². The molecule has 0 fully saturated rings. The summed E-state index contributed by atoms with van der Waals surface area (Å²) in [7, 11) is 1.37. The lowest BCUT2D eigenvalue weighted by molar-refractivity contribution is 0.0600. The first-order valence-corrected chi connectivity index (χ1v) is 10.4. The van der Waals surface area contributed by atoms with Gasteiger partial charge in [0.05, 0.1) is 12.7 Å². The second-order valence-corrected chi connectivity index (χ2v) is 8.00. The van der Waals surface area contributed by atoms with Gasteiger partial charge >= 0.3 is 5.97 Å². The lowest BCUT2D eigenvalue weighted by atomic mass is 9.93. The van der Waals surface area contributed by atoms with Crippen molar-refractivity contribution in [2.45, 2.75) is 18.6 Å². The Morgan fingerprint density at radius 1 is 1.07 bits per heavy atom. The van der Waals surface area contributed by atoms with Gasteiger partial charge in [0.1, 0.15) is 11.9 Å². The van der Waals surface area contributed by atoms with Gasteiger partial charge in [0.2, 0.25) is 0 Å². The first-order chi connectivity index (χ1) is 14.5. The second kappa shape index (κ2) is 8.81. The van der Waals surface area contributed by atoms with E-state index in [9.17, 15) is 9.90 Å². The molecule has 0 saturated carbocycles.